The Morgan fingerprint density at radius 3 is 2.60 bits per heavy atom. The van der Waals surface area contributed by atoms with Crippen LogP contribution in [0.3, 0.4) is 0 Å². The van der Waals surface area contributed by atoms with Crippen LogP contribution in [0.25, 0.3) is 5.65 Å². The first-order valence-corrected chi connectivity index (χ1v) is 6.66. The third-order valence-electron chi connectivity index (χ3n) is 3.00. The van der Waals surface area contributed by atoms with E-state index in [2.05, 4.69) is 15.4 Å². The van der Waals surface area contributed by atoms with Gasteiger partial charge in [-0.05, 0) is 23.3 Å². The highest BCUT2D eigenvalue weighted by atomic mass is 35.5. The molecular formula is C14H14ClN5. The molecule has 0 aliphatic heterocycles. The van der Waals surface area contributed by atoms with Gasteiger partial charge in [-0.2, -0.15) is 4.98 Å². The average Bonchev–Trinajstić information content (AvgIpc) is 2.87. The Morgan fingerprint density at radius 1 is 1.10 bits per heavy atom. The van der Waals surface area contributed by atoms with E-state index in [-0.39, 0.29) is 0 Å². The van der Waals surface area contributed by atoms with Crippen LogP contribution < -0.4 is 11.1 Å². The second-order valence-electron chi connectivity index (χ2n) is 4.46. The van der Waals surface area contributed by atoms with E-state index in [1.165, 1.54) is 0 Å². The molecule has 0 amide bonds. The molecule has 0 aliphatic rings. The Kier molecular flexibility index (Phi) is 3.54. The molecule has 3 N–H and O–H groups in total. The number of aromatic nitrogens is 3. The van der Waals surface area contributed by atoms with Gasteiger partial charge < -0.3 is 11.1 Å². The van der Waals surface area contributed by atoms with Gasteiger partial charge in [0.15, 0.2) is 5.65 Å². The number of fused-ring (bicyclic) bond motifs is 1. The smallest absolute Gasteiger partial charge is 0.243 e. The minimum absolute atomic E-state index is 0.558. The summed E-state index contributed by atoms with van der Waals surface area (Å²) in [4.78, 5) is 4.36. The van der Waals surface area contributed by atoms with E-state index in [9.17, 15) is 0 Å². The Hall–Kier alpha value is -2.11. The largest absolute Gasteiger partial charge is 0.349 e. The van der Waals surface area contributed by atoms with Gasteiger partial charge in [0.2, 0.25) is 5.95 Å². The summed E-state index contributed by atoms with van der Waals surface area (Å²) in [5.74, 6) is 0.579. The molecule has 0 spiro atoms. The molecule has 3 aromatic rings. The van der Waals surface area contributed by atoms with E-state index in [0.717, 1.165) is 16.8 Å². The van der Waals surface area contributed by atoms with Crippen molar-refractivity contribution < 1.29 is 0 Å². The highest BCUT2D eigenvalue weighted by molar-refractivity contribution is 6.30. The molecule has 0 fully saturated rings. The molecule has 3 rings (SSSR count). The predicted molar refractivity (Wildman–Crippen MR) is 79.7 cm³/mol. The van der Waals surface area contributed by atoms with Crippen LogP contribution >= 0.6 is 11.6 Å². The second kappa shape index (κ2) is 5.48. The van der Waals surface area contributed by atoms with Gasteiger partial charge in [-0.1, -0.05) is 35.9 Å². The summed E-state index contributed by atoms with van der Waals surface area (Å²) in [6, 6.07) is 11.8. The Balaban J connectivity index is 1.72. The Labute approximate surface area is 121 Å². The number of hydrogen-bond donors (Lipinski definition) is 2. The molecule has 5 nitrogen and oxygen atoms in total. The molecule has 0 saturated heterocycles. The zero-order chi connectivity index (χ0) is 13.9. The van der Waals surface area contributed by atoms with Crippen molar-refractivity contribution in [1.82, 2.24) is 14.6 Å². The van der Waals surface area contributed by atoms with E-state index in [1.807, 2.05) is 30.3 Å². The number of nitrogens with two attached hydrogens (primary N) is 1. The lowest BCUT2D eigenvalue weighted by atomic mass is 10.1. The summed E-state index contributed by atoms with van der Waals surface area (Å²) in [5, 5.41) is 8.13. The molecule has 0 saturated carbocycles. The maximum atomic E-state index is 5.91. The van der Waals surface area contributed by atoms with Crippen molar-refractivity contribution in [2.75, 3.05) is 5.32 Å². The summed E-state index contributed by atoms with van der Waals surface area (Å²) in [6.07, 6.45) is 1.73. The molecule has 0 radical (unpaired) electrons. The van der Waals surface area contributed by atoms with E-state index < -0.39 is 0 Å². The average molecular weight is 288 g/mol. The Bertz CT molecular complexity index is 720. The highest BCUT2D eigenvalue weighted by Gasteiger charge is 2.03. The molecule has 2 heterocycles. The first-order chi connectivity index (χ1) is 9.74. The molecule has 0 bridgehead atoms. The van der Waals surface area contributed by atoms with Crippen molar-refractivity contribution in [2.24, 2.45) is 5.73 Å². The van der Waals surface area contributed by atoms with Gasteiger partial charge in [-0.25, -0.2) is 4.52 Å². The number of halogens is 1. The molecular weight excluding hydrogens is 274 g/mol. The van der Waals surface area contributed by atoms with Crippen molar-refractivity contribution in [3.05, 3.63) is 58.7 Å². The minimum Gasteiger partial charge on any atom is -0.349 e. The number of anilines is 1. The summed E-state index contributed by atoms with van der Waals surface area (Å²) < 4.78 is 1.65. The third kappa shape index (κ3) is 2.74. The van der Waals surface area contributed by atoms with Gasteiger partial charge >= 0.3 is 0 Å². The third-order valence-corrected chi connectivity index (χ3v) is 3.23. The van der Waals surface area contributed by atoms with Crippen LogP contribution in [0.2, 0.25) is 5.02 Å². The van der Waals surface area contributed by atoms with Crippen LogP contribution in [-0.4, -0.2) is 14.6 Å². The molecule has 0 atom stereocenters. The first kappa shape index (κ1) is 12.9. The van der Waals surface area contributed by atoms with Gasteiger partial charge in [0.05, 0.1) is 5.02 Å². The van der Waals surface area contributed by atoms with Crippen molar-refractivity contribution in [3.8, 4) is 0 Å². The number of pyridine rings is 1. The van der Waals surface area contributed by atoms with Gasteiger partial charge in [0.1, 0.15) is 0 Å². The maximum absolute atomic E-state index is 5.91. The standard InChI is InChI=1S/C14H14ClN5/c15-12-5-6-13-18-14(19-20(13)9-12)17-8-11-3-1-10(7-16)2-4-11/h1-6,9H,7-8,16H2,(H,17,19). The van der Waals surface area contributed by atoms with Crippen LogP contribution in [0.1, 0.15) is 11.1 Å². The fraction of sp³-hybridized carbons (Fsp3) is 0.143. The molecule has 6 heteroatoms. The molecule has 2 aromatic heterocycles. The monoisotopic (exact) mass is 287 g/mol. The molecule has 1 aromatic carbocycles. The number of nitrogens with one attached hydrogen (secondary N) is 1. The maximum Gasteiger partial charge on any atom is 0.243 e. The molecule has 0 aliphatic carbocycles. The molecule has 0 unspecified atom stereocenters. The number of benzene rings is 1. The number of nitrogens with zero attached hydrogens (tertiary/aromatic N) is 3. The lowest BCUT2D eigenvalue weighted by Crippen LogP contribution is -2.02. The zero-order valence-electron chi connectivity index (χ0n) is 10.8. The zero-order valence-corrected chi connectivity index (χ0v) is 11.5. The van der Waals surface area contributed by atoms with Crippen LogP contribution in [0.4, 0.5) is 5.95 Å². The minimum atomic E-state index is 0.558. The van der Waals surface area contributed by atoms with Crippen molar-refractivity contribution >= 4 is 23.2 Å². The highest BCUT2D eigenvalue weighted by Crippen LogP contribution is 2.12. The summed E-state index contributed by atoms with van der Waals surface area (Å²) in [5.41, 5.74) is 8.60. The van der Waals surface area contributed by atoms with Gasteiger partial charge in [0, 0.05) is 19.3 Å². The second-order valence-corrected chi connectivity index (χ2v) is 4.90. The quantitative estimate of drug-likeness (QED) is 0.773. The number of hydrogen-bond acceptors (Lipinski definition) is 4. The summed E-state index contributed by atoms with van der Waals surface area (Å²) >= 11 is 5.91. The summed E-state index contributed by atoms with van der Waals surface area (Å²) in [7, 11) is 0. The van der Waals surface area contributed by atoms with E-state index in [1.54, 1.807) is 16.8 Å². The fourth-order valence-electron chi connectivity index (χ4n) is 1.91. The van der Waals surface area contributed by atoms with E-state index in [4.69, 9.17) is 17.3 Å². The topological polar surface area (TPSA) is 68.2 Å². The van der Waals surface area contributed by atoms with E-state index in [0.29, 0.717) is 24.1 Å². The lowest BCUT2D eigenvalue weighted by molar-refractivity contribution is 0.950. The first-order valence-electron chi connectivity index (χ1n) is 6.28. The molecule has 20 heavy (non-hydrogen) atoms. The normalized spacial score (nSPS) is 10.9. The van der Waals surface area contributed by atoms with Crippen LogP contribution in [0, 0.1) is 0 Å². The van der Waals surface area contributed by atoms with Gasteiger partial charge in [-0.3, -0.25) is 0 Å². The lowest BCUT2D eigenvalue weighted by Gasteiger charge is -2.03. The molecule has 102 valence electrons. The van der Waals surface area contributed by atoms with Crippen LogP contribution in [0.15, 0.2) is 42.6 Å². The van der Waals surface area contributed by atoms with Crippen molar-refractivity contribution in [3.63, 3.8) is 0 Å². The van der Waals surface area contributed by atoms with Crippen molar-refractivity contribution in [2.45, 2.75) is 13.1 Å². The SMILES string of the molecule is NCc1ccc(CNc2nc3ccc(Cl)cn3n2)cc1. The number of rotatable bonds is 4. The van der Waals surface area contributed by atoms with Crippen LogP contribution in [0.5, 0.6) is 0 Å². The summed E-state index contributed by atoms with van der Waals surface area (Å²) in [6.45, 7) is 1.22. The van der Waals surface area contributed by atoms with Crippen molar-refractivity contribution in [1.29, 1.82) is 0 Å². The fourth-order valence-corrected chi connectivity index (χ4v) is 2.06. The van der Waals surface area contributed by atoms with Gasteiger partial charge in [0.25, 0.3) is 0 Å². The van der Waals surface area contributed by atoms with Gasteiger partial charge in [-0.15, -0.1) is 5.10 Å². The van der Waals surface area contributed by atoms with Crippen LogP contribution in [-0.2, 0) is 13.1 Å². The Morgan fingerprint density at radius 2 is 1.85 bits per heavy atom. The van der Waals surface area contributed by atoms with E-state index >= 15 is 0 Å². The predicted octanol–water partition coefficient (Wildman–Crippen LogP) is 2.45.